The van der Waals surface area contributed by atoms with E-state index in [1.165, 1.54) is 21.6 Å². The molecule has 0 atom stereocenters. The van der Waals surface area contributed by atoms with Crippen LogP contribution >= 0.6 is 11.8 Å². The fraction of sp³-hybridized carbons (Fsp3) is 0.467. The van der Waals surface area contributed by atoms with E-state index in [-0.39, 0.29) is 4.75 Å². The Bertz CT molecular complexity index is 396. The summed E-state index contributed by atoms with van der Waals surface area (Å²) in [5.41, 5.74) is 4.22. The quantitative estimate of drug-likeness (QED) is 0.510. The summed E-state index contributed by atoms with van der Waals surface area (Å²) in [5.74, 6) is 0. The molecule has 1 aromatic rings. The van der Waals surface area contributed by atoms with E-state index < -0.39 is 0 Å². The van der Waals surface area contributed by atoms with Crippen molar-refractivity contribution in [3.05, 3.63) is 41.0 Å². The Hall–Kier alpha value is -0.690. The SMILES string of the molecule is CC(C)=C(C)C(C)(C)Sc1cccc(C)c1. The molecule has 0 saturated heterocycles. The molecule has 0 saturated carbocycles. The van der Waals surface area contributed by atoms with Crippen LogP contribution in [0.15, 0.2) is 40.3 Å². The van der Waals surface area contributed by atoms with Crippen LogP contribution in [0.3, 0.4) is 0 Å². The van der Waals surface area contributed by atoms with Crippen LogP contribution < -0.4 is 0 Å². The first kappa shape index (κ1) is 13.4. The number of allylic oxidation sites excluding steroid dienone is 1. The van der Waals surface area contributed by atoms with Gasteiger partial charge in [-0.05, 0) is 53.7 Å². The van der Waals surface area contributed by atoms with Crippen molar-refractivity contribution in [1.82, 2.24) is 0 Å². The summed E-state index contributed by atoms with van der Waals surface area (Å²) in [6.07, 6.45) is 0. The molecule has 0 unspecified atom stereocenters. The summed E-state index contributed by atoms with van der Waals surface area (Å²) in [7, 11) is 0. The van der Waals surface area contributed by atoms with Crippen LogP contribution in [0.4, 0.5) is 0 Å². The molecule has 1 aromatic carbocycles. The zero-order chi connectivity index (χ0) is 12.3. The molecule has 0 N–H and O–H groups in total. The van der Waals surface area contributed by atoms with Crippen molar-refractivity contribution < 1.29 is 0 Å². The number of aryl methyl sites for hydroxylation is 1. The van der Waals surface area contributed by atoms with Crippen LogP contribution in [-0.4, -0.2) is 4.75 Å². The Morgan fingerprint density at radius 1 is 1.12 bits per heavy atom. The summed E-state index contributed by atoms with van der Waals surface area (Å²) in [6, 6.07) is 8.72. The van der Waals surface area contributed by atoms with Crippen LogP contribution in [0, 0.1) is 6.92 Å². The number of thioether (sulfide) groups is 1. The van der Waals surface area contributed by atoms with E-state index in [9.17, 15) is 0 Å². The second-order valence-corrected chi connectivity index (χ2v) is 6.75. The summed E-state index contributed by atoms with van der Waals surface area (Å²) in [4.78, 5) is 1.35. The van der Waals surface area contributed by atoms with E-state index in [1.54, 1.807) is 0 Å². The maximum atomic E-state index is 2.29. The Morgan fingerprint density at radius 3 is 2.25 bits per heavy atom. The zero-order valence-electron chi connectivity index (χ0n) is 11.2. The van der Waals surface area contributed by atoms with Crippen LogP contribution in [0.5, 0.6) is 0 Å². The molecule has 16 heavy (non-hydrogen) atoms. The molecule has 0 bridgehead atoms. The predicted molar refractivity (Wildman–Crippen MR) is 75.2 cm³/mol. The molecule has 88 valence electrons. The van der Waals surface area contributed by atoms with Crippen LogP contribution in [0.1, 0.15) is 40.2 Å². The van der Waals surface area contributed by atoms with Crippen molar-refractivity contribution in [3.8, 4) is 0 Å². The van der Waals surface area contributed by atoms with Crippen LogP contribution in [-0.2, 0) is 0 Å². The Kier molecular flexibility index (Phi) is 4.26. The third kappa shape index (κ3) is 3.41. The van der Waals surface area contributed by atoms with Gasteiger partial charge >= 0.3 is 0 Å². The van der Waals surface area contributed by atoms with Gasteiger partial charge in [-0.2, -0.15) is 0 Å². The van der Waals surface area contributed by atoms with Gasteiger partial charge in [0.25, 0.3) is 0 Å². The Labute approximate surface area is 104 Å². The van der Waals surface area contributed by atoms with Crippen molar-refractivity contribution in [2.24, 2.45) is 0 Å². The van der Waals surface area contributed by atoms with Gasteiger partial charge in [0.1, 0.15) is 0 Å². The Balaban J connectivity index is 2.93. The average molecular weight is 234 g/mol. The topological polar surface area (TPSA) is 0 Å². The molecule has 0 radical (unpaired) electrons. The van der Waals surface area contributed by atoms with Gasteiger partial charge < -0.3 is 0 Å². The highest BCUT2D eigenvalue weighted by molar-refractivity contribution is 8.00. The van der Waals surface area contributed by atoms with Crippen LogP contribution in [0.25, 0.3) is 0 Å². The second-order valence-electron chi connectivity index (χ2n) is 5.05. The third-order valence-electron chi connectivity index (χ3n) is 3.02. The lowest BCUT2D eigenvalue weighted by molar-refractivity contribution is 0.816. The summed E-state index contributed by atoms with van der Waals surface area (Å²) in [6.45, 7) is 13.3. The number of hydrogen-bond acceptors (Lipinski definition) is 1. The molecule has 0 fully saturated rings. The van der Waals surface area contributed by atoms with E-state index in [0.717, 1.165) is 0 Å². The maximum absolute atomic E-state index is 2.29. The first-order chi connectivity index (χ1) is 7.33. The summed E-state index contributed by atoms with van der Waals surface area (Å²) >= 11 is 1.94. The monoisotopic (exact) mass is 234 g/mol. The van der Waals surface area contributed by atoms with Crippen molar-refractivity contribution in [3.63, 3.8) is 0 Å². The number of rotatable bonds is 3. The Morgan fingerprint density at radius 2 is 1.75 bits per heavy atom. The minimum absolute atomic E-state index is 0.173. The van der Waals surface area contributed by atoms with E-state index in [0.29, 0.717) is 0 Å². The molecular weight excluding hydrogens is 212 g/mol. The van der Waals surface area contributed by atoms with Gasteiger partial charge in [0, 0.05) is 9.64 Å². The number of benzene rings is 1. The van der Waals surface area contributed by atoms with Gasteiger partial charge in [-0.1, -0.05) is 28.8 Å². The lowest BCUT2D eigenvalue weighted by Crippen LogP contribution is -2.17. The molecule has 0 aliphatic carbocycles. The van der Waals surface area contributed by atoms with Crippen molar-refractivity contribution in [1.29, 1.82) is 0 Å². The smallest absolute Gasteiger partial charge is 0.0358 e. The number of hydrogen-bond donors (Lipinski definition) is 0. The molecule has 0 heterocycles. The standard InChI is InChI=1S/C15H22S/c1-11(2)13(4)15(5,6)16-14-9-7-8-12(3)10-14/h7-10H,1-6H3. The van der Waals surface area contributed by atoms with Crippen molar-refractivity contribution in [2.75, 3.05) is 0 Å². The average Bonchev–Trinajstić information content (AvgIpc) is 2.15. The minimum atomic E-state index is 0.173. The van der Waals surface area contributed by atoms with Crippen LogP contribution in [0.2, 0.25) is 0 Å². The van der Waals surface area contributed by atoms with E-state index in [2.05, 4.69) is 65.8 Å². The van der Waals surface area contributed by atoms with Gasteiger partial charge in [0.2, 0.25) is 0 Å². The molecule has 0 spiro atoms. The summed E-state index contributed by atoms with van der Waals surface area (Å²) in [5, 5.41) is 0. The van der Waals surface area contributed by atoms with Gasteiger partial charge in [0.05, 0.1) is 0 Å². The van der Waals surface area contributed by atoms with Crippen molar-refractivity contribution in [2.45, 2.75) is 51.2 Å². The van der Waals surface area contributed by atoms with E-state index >= 15 is 0 Å². The van der Waals surface area contributed by atoms with Gasteiger partial charge in [0.15, 0.2) is 0 Å². The fourth-order valence-corrected chi connectivity index (χ4v) is 2.99. The fourth-order valence-electron chi connectivity index (χ4n) is 1.65. The highest BCUT2D eigenvalue weighted by Gasteiger charge is 2.22. The second kappa shape index (κ2) is 5.09. The first-order valence-electron chi connectivity index (χ1n) is 5.73. The normalized spacial score (nSPS) is 11.4. The van der Waals surface area contributed by atoms with Crippen molar-refractivity contribution >= 4 is 11.8 Å². The predicted octanol–water partition coefficient (Wildman–Crippen LogP) is 5.22. The van der Waals surface area contributed by atoms with Gasteiger partial charge in [-0.25, -0.2) is 0 Å². The molecule has 0 aliphatic heterocycles. The summed E-state index contributed by atoms with van der Waals surface area (Å²) < 4.78 is 0.173. The largest absolute Gasteiger partial charge is 0.115 e. The molecular formula is C15H22S. The maximum Gasteiger partial charge on any atom is 0.0358 e. The van der Waals surface area contributed by atoms with Gasteiger partial charge in [-0.3, -0.25) is 0 Å². The van der Waals surface area contributed by atoms with E-state index in [4.69, 9.17) is 0 Å². The molecule has 0 nitrogen and oxygen atoms in total. The molecule has 1 rings (SSSR count). The molecule has 1 heteroatoms. The lowest BCUT2D eigenvalue weighted by atomic mass is 10.00. The highest BCUT2D eigenvalue weighted by atomic mass is 32.2. The molecule has 0 aromatic heterocycles. The van der Waals surface area contributed by atoms with Gasteiger partial charge in [-0.15, -0.1) is 11.8 Å². The minimum Gasteiger partial charge on any atom is -0.115 e. The highest BCUT2D eigenvalue weighted by Crippen LogP contribution is 2.39. The van der Waals surface area contributed by atoms with E-state index in [1.807, 2.05) is 11.8 Å². The molecule has 0 amide bonds. The zero-order valence-corrected chi connectivity index (χ0v) is 12.0. The first-order valence-corrected chi connectivity index (χ1v) is 6.55. The third-order valence-corrected chi connectivity index (χ3v) is 4.32. The molecule has 0 aliphatic rings. The lowest BCUT2D eigenvalue weighted by Gasteiger charge is -2.27.